The van der Waals surface area contributed by atoms with Crippen LogP contribution in [0, 0.1) is 0 Å². The molecular weight excluding hydrogens is 182 g/mol. The molecule has 0 saturated carbocycles. The maximum absolute atomic E-state index is 11.6. The number of benzene rings is 1. The summed E-state index contributed by atoms with van der Waals surface area (Å²) in [5.74, 6) is -0.857. The predicted molar refractivity (Wildman–Crippen MR) is 52.4 cm³/mol. The van der Waals surface area contributed by atoms with Crippen LogP contribution in [0.25, 0.3) is 0 Å². The summed E-state index contributed by atoms with van der Waals surface area (Å²) in [6.07, 6.45) is 0. The molecule has 0 bridgehead atoms. The molecule has 4 N–H and O–H groups in total. The highest BCUT2D eigenvalue weighted by molar-refractivity contribution is 6.02. The van der Waals surface area contributed by atoms with Crippen LogP contribution in [0.4, 0.5) is 0 Å². The monoisotopic (exact) mass is 195 g/mol. The first-order valence-corrected chi connectivity index (χ1v) is 4.18. The van der Waals surface area contributed by atoms with E-state index in [4.69, 9.17) is 10.8 Å². The average molecular weight is 195 g/mol. The lowest BCUT2D eigenvalue weighted by atomic mass is 9.94. The molecule has 1 rings (SSSR count). The molecule has 4 heteroatoms. The van der Waals surface area contributed by atoms with Gasteiger partial charge in [0.25, 0.3) is 0 Å². The lowest BCUT2D eigenvalue weighted by Gasteiger charge is -2.16. The van der Waals surface area contributed by atoms with E-state index < -0.39 is 5.54 Å². The fourth-order valence-corrected chi connectivity index (χ4v) is 1.04. The van der Waals surface area contributed by atoms with E-state index in [2.05, 4.69) is 0 Å². The van der Waals surface area contributed by atoms with Crippen molar-refractivity contribution >= 4 is 5.78 Å². The summed E-state index contributed by atoms with van der Waals surface area (Å²) in [6, 6.07) is 3.88. The Morgan fingerprint density at radius 1 is 1.29 bits per heavy atom. The van der Waals surface area contributed by atoms with Gasteiger partial charge in [-0.3, -0.25) is 4.79 Å². The summed E-state index contributed by atoms with van der Waals surface area (Å²) in [5, 5.41) is 18.2. The quantitative estimate of drug-likeness (QED) is 0.486. The molecule has 0 saturated heterocycles. The number of phenols is 2. The van der Waals surface area contributed by atoms with Crippen molar-refractivity contribution in [2.24, 2.45) is 5.73 Å². The van der Waals surface area contributed by atoms with Crippen LogP contribution in [0.1, 0.15) is 24.2 Å². The van der Waals surface area contributed by atoms with Crippen molar-refractivity contribution in [3.05, 3.63) is 23.8 Å². The zero-order valence-electron chi connectivity index (χ0n) is 8.11. The second kappa shape index (κ2) is 3.31. The second-order valence-corrected chi connectivity index (χ2v) is 3.75. The number of hydrogen-bond acceptors (Lipinski definition) is 4. The number of carbonyl (C=O) groups excluding carboxylic acids is 1. The molecule has 0 aliphatic heterocycles. The zero-order valence-corrected chi connectivity index (χ0v) is 8.11. The summed E-state index contributed by atoms with van der Waals surface area (Å²) >= 11 is 0. The number of hydrogen-bond donors (Lipinski definition) is 3. The van der Waals surface area contributed by atoms with Gasteiger partial charge in [-0.2, -0.15) is 0 Å². The molecule has 0 aromatic heterocycles. The molecule has 1 aromatic carbocycles. The van der Waals surface area contributed by atoms with Crippen molar-refractivity contribution in [1.29, 1.82) is 0 Å². The van der Waals surface area contributed by atoms with E-state index in [1.165, 1.54) is 18.2 Å². The highest BCUT2D eigenvalue weighted by atomic mass is 16.3. The molecule has 0 heterocycles. The minimum Gasteiger partial charge on any atom is -0.504 e. The SMILES string of the molecule is CC(C)(N)C(=O)c1ccc(O)c(O)c1. The van der Waals surface area contributed by atoms with Gasteiger partial charge >= 0.3 is 0 Å². The van der Waals surface area contributed by atoms with Gasteiger partial charge < -0.3 is 15.9 Å². The molecule has 76 valence electrons. The topological polar surface area (TPSA) is 83.6 Å². The Balaban J connectivity index is 3.10. The molecule has 0 unspecified atom stereocenters. The molecule has 0 aliphatic carbocycles. The number of ketones is 1. The van der Waals surface area contributed by atoms with Gasteiger partial charge in [0.1, 0.15) is 0 Å². The molecule has 14 heavy (non-hydrogen) atoms. The van der Waals surface area contributed by atoms with Crippen molar-refractivity contribution in [2.45, 2.75) is 19.4 Å². The second-order valence-electron chi connectivity index (χ2n) is 3.75. The maximum Gasteiger partial charge on any atom is 0.182 e. The van der Waals surface area contributed by atoms with Crippen molar-refractivity contribution < 1.29 is 15.0 Å². The first kappa shape index (κ1) is 10.5. The molecule has 0 atom stereocenters. The number of nitrogens with two attached hydrogens (primary N) is 1. The molecule has 0 aliphatic rings. The van der Waals surface area contributed by atoms with Gasteiger partial charge in [0.2, 0.25) is 0 Å². The van der Waals surface area contributed by atoms with E-state index >= 15 is 0 Å². The molecule has 4 nitrogen and oxygen atoms in total. The number of rotatable bonds is 2. The largest absolute Gasteiger partial charge is 0.504 e. The summed E-state index contributed by atoms with van der Waals surface area (Å²) in [5.41, 5.74) is 4.91. The summed E-state index contributed by atoms with van der Waals surface area (Å²) in [4.78, 5) is 11.6. The third-order valence-corrected chi connectivity index (χ3v) is 1.82. The zero-order chi connectivity index (χ0) is 10.9. The first-order chi connectivity index (χ1) is 6.32. The highest BCUT2D eigenvalue weighted by Crippen LogP contribution is 2.26. The Bertz CT molecular complexity index is 366. The molecular formula is C10H13NO3. The average Bonchev–Trinajstić information content (AvgIpc) is 2.07. The van der Waals surface area contributed by atoms with Gasteiger partial charge in [0, 0.05) is 5.56 Å². The Morgan fingerprint density at radius 3 is 2.29 bits per heavy atom. The smallest absolute Gasteiger partial charge is 0.182 e. The predicted octanol–water partition coefficient (Wildman–Crippen LogP) is 1.02. The van der Waals surface area contributed by atoms with Crippen LogP contribution in [0.2, 0.25) is 0 Å². The molecule has 1 aromatic rings. The van der Waals surface area contributed by atoms with Gasteiger partial charge in [-0.1, -0.05) is 0 Å². The van der Waals surface area contributed by atoms with Crippen LogP contribution < -0.4 is 5.73 Å². The van der Waals surface area contributed by atoms with Crippen LogP contribution in [0.15, 0.2) is 18.2 Å². The van der Waals surface area contributed by atoms with Crippen LogP contribution in [0.3, 0.4) is 0 Å². The van der Waals surface area contributed by atoms with Crippen molar-refractivity contribution in [2.75, 3.05) is 0 Å². The van der Waals surface area contributed by atoms with E-state index in [1.54, 1.807) is 13.8 Å². The van der Waals surface area contributed by atoms with Crippen LogP contribution in [0.5, 0.6) is 11.5 Å². The van der Waals surface area contributed by atoms with Gasteiger partial charge in [-0.15, -0.1) is 0 Å². The first-order valence-electron chi connectivity index (χ1n) is 4.18. The lowest BCUT2D eigenvalue weighted by molar-refractivity contribution is 0.0913. The van der Waals surface area contributed by atoms with E-state index in [9.17, 15) is 9.90 Å². The van der Waals surface area contributed by atoms with E-state index in [0.717, 1.165) is 0 Å². The van der Waals surface area contributed by atoms with E-state index in [-0.39, 0.29) is 22.8 Å². The minimum absolute atomic E-state index is 0.253. The summed E-state index contributed by atoms with van der Waals surface area (Å²) in [6.45, 7) is 3.17. The van der Waals surface area contributed by atoms with Gasteiger partial charge in [-0.25, -0.2) is 0 Å². The van der Waals surface area contributed by atoms with Crippen LogP contribution >= 0.6 is 0 Å². The van der Waals surface area contributed by atoms with E-state index in [1.807, 2.05) is 0 Å². The number of phenolic OH excluding ortho intramolecular Hbond substituents is 2. The minimum atomic E-state index is -0.983. The maximum atomic E-state index is 11.6. The summed E-state index contributed by atoms with van der Waals surface area (Å²) in [7, 11) is 0. The molecule has 0 radical (unpaired) electrons. The lowest BCUT2D eigenvalue weighted by Crippen LogP contribution is -2.41. The number of Topliss-reactive ketones (excluding diaryl/α,β-unsaturated/α-hetero) is 1. The van der Waals surface area contributed by atoms with Crippen LogP contribution in [-0.4, -0.2) is 21.5 Å². The molecule has 0 spiro atoms. The van der Waals surface area contributed by atoms with Crippen LogP contribution in [-0.2, 0) is 0 Å². The van der Waals surface area contributed by atoms with Crippen molar-refractivity contribution in [3.8, 4) is 11.5 Å². The standard InChI is InChI=1S/C10H13NO3/c1-10(2,11)9(14)6-3-4-7(12)8(13)5-6/h3-5,12-13H,11H2,1-2H3. The molecule has 0 amide bonds. The number of aromatic hydroxyl groups is 2. The normalized spacial score (nSPS) is 11.4. The van der Waals surface area contributed by atoms with Crippen molar-refractivity contribution in [3.63, 3.8) is 0 Å². The van der Waals surface area contributed by atoms with Gasteiger partial charge in [-0.05, 0) is 32.0 Å². The Morgan fingerprint density at radius 2 is 1.86 bits per heavy atom. The van der Waals surface area contributed by atoms with E-state index in [0.29, 0.717) is 0 Å². The Labute approximate surface area is 82.0 Å². The highest BCUT2D eigenvalue weighted by Gasteiger charge is 2.23. The van der Waals surface area contributed by atoms with Crippen molar-refractivity contribution in [1.82, 2.24) is 0 Å². The van der Waals surface area contributed by atoms with Gasteiger partial charge in [0.15, 0.2) is 17.3 Å². The fourth-order valence-electron chi connectivity index (χ4n) is 1.04. The third-order valence-electron chi connectivity index (χ3n) is 1.82. The Hall–Kier alpha value is -1.55. The summed E-state index contributed by atoms with van der Waals surface area (Å²) < 4.78 is 0. The van der Waals surface area contributed by atoms with Gasteiger partial charge in [0.05, 0.1) is 5.54 Å². The Kier molecular flexibility index (Phi) is 2.49. The fraction of sp³-hybridized carbons (Fsp3) is 0.300. The third kappa shape index (κ3) is 2.03. The molecule has 0 fully saturated rings. The number of carbonyl (C=O) groups is 1.